The standard InChI is InChI=1S/C20H22N2O5/c1-13-15(7-12-25-13)19(23)21-8-10-22(11-9-21)20(24)18-14(2)26-16-5-3-4-6-17(16)27-18/h3-7,12,14,18H,8-11H2,1-2H3/t14-,18+/m0/s1. The summed E-state index contributed by atoms with van der Waals surface area (Å²) in [5.74, 6) is 1.67. The second-order valence-corrected chi connectivity index (χ2v) is 6.82. The number of fused-ring (bicyclic) bond motifs is 1. The van der Waals surface area contributed by atoms with Gasteiger partial charge in [0.25, 0.3) is 11.8 Å². The van der Waals surface area contributed by atoms with Crippen LogP contribution >= 0.6 is 0 Å². The first-order chi connectivity index (χ1) is 13.0. The first kappa shape index (κ1) is 17.5. The van der Waals surface area contributed by atoms with Crippen LogP contribution in [0.5, 0.6) is 11.5 Å². The number of carbonyl (C=O) groups is 2. The molecule has 1 saturated heterocycles. The number of benzene rings is 1. The van der Waals surface area contributed by atoms with Gasteiger partial charge in [0.2, 0.25) is 6.10 Å². The average molecular weight is 370 g/mol. The normalized spacial score (nSPS) is 21.9. The summed E-state index contributed by atoms with van der Waals surface area (Å²) in [6.45, 7) is 5.50. The lowest BCUT2D eigenvalue weighted by molar-refractivity contribution is -0.145. The third kappa shape index (κ3) is 3.25. The third-order valence-corrected chi connectivity index (χ3v) is 5.05. The molecule has 3 heterocycles. The fourth-order valence-electron chi connectivity index (χ4n) is 3.48. The quantitative estimate of drug-likeness (QED) is 0.810. The second kappa shape index (κ2) is 6.98. The number of amides is 2. The van der Waals surface area contributed by atoms with Gasteiger partial charge in [0.15, 0.2) is 11.5 Å². The van der Waals surface area contributed by atoms with Gasteiger partial charge in [-0.2, -0.15) is 0 Å². The van der Waals surface area contributed by atoms with Gasteiger partial charge < -0.3 is 23.7 Å². The number of aryl methyl sites for hydroxylation is 1. The van der Waals surface area contributed by atoms with Gasteiger partial charge in [-0.3, -0.25) is 9.59 Å². The summed E-state index contributed by atoms with van der Waals surface area (Å²) in [7, 11) is 0. The van der Waals surface area contributed by atoms with Gasteiger partial charge in [-0.15, -0.1) is 0 Å². The van der Waals surface area contributed by atoms with E-state index < -0.39 is 6.10 Å². The molecule has 0 spiro atoms. The van der Waals surface area contributed by atoms with Crippen LogP contribution in [0.15, 0.2) is 41.0 Å². The molecule has 7 nitrogen and oxygen atoms in total. The van der Waals surface area contributed by atoms with Gasteiger partial charge in [-0.25, -0.2) is 0 Å². The Morgan fingerprint density at radius 3 is 2.22 bits per heavy atom. The fraction of sp³-hybridized carbons (Fsp3) is 0.400. The molecule has 1 aromatic heterocycles. The minimum Gasteiger partial charge on any atom is -0.482 e. The fourth-order valence-corrected chi connectivity index (χ4v) is 3.48. The molecule has 0 saturated carbocycles. The number of nitrogens with zero attached hydrogens (tertiary/aromatic N) is 2. The molecule has 2 aliphatic heterocycles. The molecule has 0 unspecified atom stereocenters. The van der Waals surface area contributed by atoms with Crippen LogP contribution in [0.1, 0.15) is 23.0 Å². The van der Waals surface area contributed by atoms with Crippen molar-refractivity contribution in [1.29, 1.82) is 0 Å². The number of piperazine rings is 1. The molecular weight excluding hydrogens is 348 g/mol. The first-order valence-corrected chi connectivity index (χ1v) is 9.09. The number of para-hydroxylation sites is 2. The molecule has 7 heteroatoms. The smallest absolute Gasteiger partial charge is 0.267 e. The lowest BCUT2D eigenvalue weighted by atomic mass is 10.1. The molecule has 27 heavy (non-hydrogen) atoms. The number of carbonyl (C=O) groups excluding carboxylic acids is 2. The lowest BCUT2D eigenvalue weighted by Gasteiger charge is -2.38. The van der Waals surface area contributed by atoms with Crippen molar-refractivity contribution in [3.05, 3.63) is 47.9 Å². The van der Waals surface area contributed by atoms with Crippen LogP contribution in [0.25, 0.3) is 0 Å². The summed E-state index contributed by atoms with van der Waals surface area (Å²) in [6, 6.07) is 9.03. The Bertz CT molecular complexity index is 854. The Balaban J connectivity index is 1.39. The third-order valence-electron chi connectivity index (χ3n) is 5.05. The lowest BCUT2D eigenvalue weighted by Crippen LogP contribution is -2.56. The van der Waals surface area contributed by atoms with E-state index >= 15 is 0 Å². The maximum Gasteiger partial charge on any atom is 0.267 e. The zero-order valence-corrected chi connectivity index (χ0v) is 15.4. The van der Waals surface area contributed by atoms with Crippen molar-refractivity contribution in [1.82, 2.24) is 9.80 Å². The SMILES string of the molecule is Cc1occc1C(=O)N1CCN(C(=O)[C@@H]2Oc3ccccc3O[C@H]2C)CC1. The van der Waals surface area contributed by atoms with E-state index in [2.05, 4.69) is 0 Å². The van der Waals surface area contributed by atoms with Crippen molar-refractivity contribution >= 4 is 11.8 Å². The van der Waals surface area contributed by atoms with E-state index in [0.717, 1.165) is 0 Å². The maximum atomic E-state index is 12.9. The summed E-state index contributed by atoms with van der Waals surface area (Å²) in [5.41, 5.74) is 0.573. The number of rotatable bonds is 2. The van der Waals surface area contributed by atoms with Crippen molar-refractivity contribution < 1.29 is 23.5 Å². The van der Waals surface area contributed by atoms with Crippen LogP contribution in [0.2, 0.25) is 0 Å². The van der Waals surface area contributed by atoms with Crippen molar-refractivity contribution in [3.8, 4) is 11.5 Å². The number of hydrogen-bond acceptors (Lipinski definition) is 5. The number of ether oxygens (including phenoxy) is 2. The summed E-state index contributed by atoms with van der Waals surface area (Å²) in [4.78, 5) is 29.0. The molecule has 0 bridgehead atoms. The molecule has 1 aromatic carbocycles. The van der Waals surface area contributed by atoms with Gasteiger partial charge in [0, 0.05) is 26.2 Å². The molecule has 2 amide bonds. The van der Waals surface area contributed by atoms with E-state index in [1.54, 1.807) is 28.9 Å². The topological polar surface area (TPSA) is 72.2 Å². The van der Waals surface area contributed by atoms with E-state index in [1.807, 2.05) is 25.1 Å². The predicted molar refractivity (Wildman–Crippen MR) is 96.9 cm³/mol. The molecule has 2 aliphatic rings. The average Bonchev–Trinajstić information content (AvgIpc) is 3.12. The van der Waals surface area contributed by atoms with Gasteiger partial charge in [-0.1, -0.05) is 12.1 Å². The first-order valence-electron chi connectivity index (χ1n) is 9.09. The highest BCUT2D eigenvalue weighted by Gasteiger charge is 2.38. The molecule has 2 aromatic rings. The van der Waals surface area contributed by atoms with Crippen LogP contribution in [0.3, 0.4) is 0 Å². The molecule has 1 fully saturated rings. The van der Waals surface area contributed by atoms with Crippen LogP contribution in [0.4, 0.5) is 0 Å². The zero-order chi connectivity index (χ0) is 19.0. The van der Waals surface area contributed by atoms with Gasteiger partial charge in [-0.05, 0) is 32.0 Å². The Labute approximate surface area is 157 Å². The molecule has 0 N–H and O–H groups in total. The summed E-state index contributed by atoms with van der Waals surface area (Å²) < 4.78 is 16.9. The summed E-state index contributed by atoms with van der Waals surface area (Å²) in [6.07, 6.45) is 0.459. The Kier molecular flexibility index (Phi) is 4.51. The van der Waals surface area contributed by atoms with Gasteiger partial charge >= 0.3 is 0 Å². The van der Waals surface area contributed by atoms with Crippen LogP contribution in [-0.2, 0) is 4.79 Å². The van der Waals surface area contributed by atoms with E-state index in [-0.39, 0.29) is 17.9 Å². The molecule has 0 radical (unpaired) electrons. The Morgan fingerprint density at radius 2 is 1.59 bits per heavy atom. The second-order valence-electron chi connectivity index (χ2n) is 6.82. The van der Waals surface area contributed by atoms with E-state index in [0.29, 0.717) is 49.0 Å². The largest absolute Gasteiger partial charge is 0.482 e. The van der Waals surface area contributed by atoms with Crippen LogP contribution in [0, 0.1) is 6.92 Å². The van der Waals surface area contributed by atoms with E-state index in [9.17, 15) is 9.59 Å². The maximum absolute atomic E-state index is 12.9. The van der Waals surface area contributed by atoms with Gasteiger partial charge in [0.05, 0.1) is 11.8 Å². The minimum absolute atomic E-state index is 0.0621. The summed E-state index contributed by atoms with van der Waals surface area (Å²) in [5, 5.41) is 0. The number of furan rings is 1. The highest BCUT2D eigenvalue weighted by molar-refractivity contribution is 5.95. The molecule has 0 aliphatic carbocycles. The zero-order valence-electron chi connectivity index (χ0n) is 15.4. The van der Waals surface area contributed by atoms with Gasteiger partial charge in [0.1, 0.15) is 11.9 Å². The highest BCUT2D eigenvalue weighted by Crippen LogP contribution is 2.34. The van der Waals surface area contributed by atoms with Crippen molar-refractivity contribution in [2.75, 3.05) is 26.2 Å². The Morgan fingerprint density at radius 1 is 0.963 bits per heavy atom. The highest BCUT2D eigenvalue weighted by atomic mass is 16.6. The van der Waals surface area contributed by atoms with Crippen LogP contribution in [-0.4, -0.2) is 60.0 Å². The summed E-state index contributed by atoms with van der Waals surface area (Å²) >= 11 is 0. The molecule has 4 rings (SSSR count). The molecular formula is C20H22N2O5. The molecule has 142 valence electrons. The Hall–Kier alpha value is -2.96. The van der Waals surface area contributed by atoms with Crippen molar-refractivity contribution in [2.45, 2.75) is 26.1 Å². The molecule has 2 atom stereocenters. The monoisotopic (exact) mass is 370 g/mol. The number of hydrogen-bond donors (Lipinski definition) is 0. The minimum atomic E-state index is -0.682. The van der Waals surface area contributed by atoms with E-state index in [1.165, 1.54) is 6.26 Å². The van der Waals surface area contributed by atoms with Crippen molar-refractivity contribution in [2.24, 2.45) is 0 Å². The van der Waals surface area contributed by atoms with E-state index in [4.69, 9.17) is 13.9 Å². The predicted octanol–water partition coefficient (Wildman–Crippen LogP) is 2.10. The van der Waals surface area contributed by atoms with Crippen molar-refractivity contribution in [3.63, 3.8) is 0 Å². The van der Waals surface area contributed by atoms with Crippen LogP contribution < -0.4 is 9.47 Å².